The number of ether oxygens (including phenoxy) is 1. The van der Waals surface area contributed by atoms with Gasteiger partial charge in [0.05, 0.1) is 0 Å². The molecule has 0 spiro atoms. The standard InChI is InChI=1S/C7H6Cl4O/c8-5-1-2-6(9,7(5,10)11)4-3(5)12-4/h3-4H,1-2H2. The van der Waals surface area contributed by atoms with E-state index in [-0.39, 0.29) is 12.2 Å². The van der Waals surface area contributed by atoms with Crippen molar-refractivity contribution in [1.29, 1.82) is 0 Å². The first-order valence-corrected chi connectivity index (χ1v) is 5.36. The van der Waals surface area contributed by atoms with Crippen molar-refractivity contribution in [3.8, 4) is 0 Å². The lowest BCUT2D eigenvalue weighted by molar-refractivity contribution is 0.276. The predicted octanol–water partition coefficient (Wildman–Crippen LogP) is 2.69. The van der Waals surface area contributed by atoms with Crippen LogP contribution in [0.5, 0.6) is 0 Å². The third-order valence-corrected chi connectivity index (χ3v) is 6.40. The fourth-order valence-electron chi connectivity index (χ4n) is 2.47. The predicted molar refractivity (Wildman–Crippen MR) is 49.5 cm³/mol. The van der Waals surface area contributed by atoms with Gasteiger partial charge in [-0.3, -0.25) is 0 Å². The van der Waals surface area contributed by atoms with Crippen LogP contribution in [0.3, 0.4) is 0 Å². The Morgan fingerprint density at radius 3 is 1.58 bits per heavy atom. The first-order chi connectivity index (χ1) is 5.43. The Morgan fingerprint density at radius 1 is 0.917 bits per heavy atom. The third kappa shape index (κ3) is 0.585. The van der Waals surface area contributed by atoms with Gasteiger partial charge in [0.15, 0.2) is 4.33 Å². The minimum atomic E-state index is -1.03. The summed E-state index contributed by atoms with van der Waals surface area (Å²) in [4.78, 5) is -1.30. The normalized spacial score (nSPS) is 65.0. The molecule has 4 atom stereocenters. The summed E-state index contributed by atoms with van der Waals surface area (Å²) in [7, 11) is 0. The highest BCUT2D eigenvalue weighted by Gasteiger charge is 2.86. The highest BCUT2D eigenvalue weighted by molar-refractivity contribution is 6.59. The maximum Gasteiger partial charge on any atom is 0.161 e. The van der Waals surface area contributed by atoms with E-state index in [1.54, 1.807) is 0 Å². The number of epoxide rings is 1. The van der Waals surface area contributed by atoms with E-state index in [0.717, 1.165) is 12.8 Å². The van der Waals surface area contributed by atoms with Crippen molar-refractivity contribution >= 4 is 46.4 Å². The molecule has 0 radical (unpaired) electrons. The molecule has 2 saturated carbocycles. The summed E-state index contributed by atoms with van der Waals surface area (Å²) in [5.41, 5.74) is 0. The van der Waals surface area contributed by atoms with Crippen molar-refractivity contribution < 1.29 is 4.74 Å². The lowest BCUT2D eigenvalue weighted by Gasteiger charge is -2.32. The van der Waals surface area contributed by atoms with Gasteiger partial charge in [0, 0.05) is 0 Å². The van der Waals surface area contributed by atoms with Gasteiger partial charge in [0.1, 0.15) is 22.0 Å². The van der Waals surface area contributed by atoms with Crippen LogP contribution in [0.15, 0.2) is 0 Å². The molecule has 0 aromatic heterocycles. The van der Waals surface area contributed by atoms with E-state index in [9.17, 15) is 0 Å². The molecule has 12 heavy (non-hydrogen) atoms. The summed E-state index contributed by atoms with van der Waals surface area (Å²) in [5, 5.41) is 0. The zero-order valence-corrected chi connectivity index (χ0v) is 9.01. The van der Waals surface area contributed by atoms with Crippen LogP contribution in [0.1, 0.15) is 12.8 Å². The highest BCUT2D eigenvalue weighted by atomic mass is 35.5. The molecule has 3 rings (SSSR count). The van der Waals surface area contributed by atoms with Crippen molar-refractivity contribution in [3.05, 3.63) is 0 Å². The molecule has 4 unspecified atom stereocenters. The van der Waals surface area contributed by atoms with Crippen LogP contribution in [-0.2, 0) is 4.74 Å². The molecule has 1 saturated heterocycles. The topological polar surface area (TPSA) is 12.5 Å². The average molecular weight is 248 g/mol. The number of alkyl halides is 4. The van der Waals surface area contributed by atoms with Crippen molar-refractivity contribution in [3.63, 3.8) is 0 Å². The van der Waals surface area contributed by atoms with Crippen LogP contribution in [0, 0.1) is 0 Å². The molecule has 0 aromatic carbocycles. The van der Waals surface area contributed by atoms with Gasteiger partial charge in [-0.25, -0.2) is 0 Å². The molecule has 2 bridgehead atoms. The van der Waals surface area contributed by atoms with Gasteiger partial charge in [-0.1, -0.05) is 23.2 Å². The second-order valence-corrected chi connectivity index (χ2v) is 6.45. The molecule has 0 N–H and O–H groups in total. The monoisotopic (exact) mass is 246 g/mol. The number of rotatable bonds is 0. The highest BCUT2D eigenvalue weighted by Crippen LogP contribution is 2.75. The van der Waals surface area contributed by atoms with Gasteiger partial charge < -0.3 is 4.74 Å². The van der Waals surface area contributed by atoms with E-state index < -0.39 is 14.1 Å². The van der Waals surface area contributed by atoms with Gasteiger partial charge in [0.2, 0.25) is 0 Å². The minimum Gasteiger partial charge on any atom is -0.366 e. The second kappa shape index (κ2) is 1.90. The maximum absolute atomic E-state index is 6.30. The Labute approximate surface area is 90.2 Å². The number of hydrogen-bond acceptors (Lipinski definition) is 1. The molecule has 1 heterocycles. The fraction of sp³-hybridized carbons (Fsp3) is 1.00. The summed E-state index contributed by atoms with van der Waals surface area (Å²) in [6, 6.07) is 0. The Kier molecular flexibility index (Phi) is 1.33. The first kappa shape index (κ1) is 8.43. The molecule has 2 aliphatic carbocycles. The molecule has 1 nitrogen and oxygen atoms in total. The van der Waals surface area contributed by atoms with E-state index in [1.807, 2.05) is 0 Å². The van der Waals surface area contributed by atoms with Crippen molar-refractivity contribution in [1.82, 2.24) is 0 Å². The summed E-state index contributed by atoms with van der Waals surface area (Å²) >= 11 is 24.9. The van der Waals surface area contributed by atoms with E-state index in [4.69, 9.17) is 51.1 Å². The Balaban J connectivity index is 2.18. The van der Waals surface area contributed by atoms with Crippen molar-refractivity contribution in [2.24, 2.45) is 0 Å². The zero-order chi connectivity index (χ0) is 8.78. The van der Waals surface area contributed by atoms with Crippen LogP contribution < -0.4 is 0 Å². The smallest absolute Gasteiger partial charge is 0.161 e. The summed E-state index contributed by atoms with van der Waals surface area (Å²) in [6.07, 6.45) is 1.43. The van der Waals surface area contributed by atoms with Crippen LogP contribution in [0.2, 0.25) is 0 Å². The minimum absolute atomic E-state index is 0.0274. The molecule has 0 amide bonds. The molecule has 3 fully saturated rings. The molecule has 1 aliphatic heterocycles. The van der Waals surface area contributed by atoms with Crippen molar-refractivity contribution in [2.45, 2.75) is 39.1 Å². The van der Waals surface area contributed by atoms with Gasteiger partial charge in [0.25, 0.3) is 0 Å². The van der Waals surface area contributed by atoms with E-state index in [2.05, 4.69) is 0 Å². The lowest BCUT2D eigenvalue weighted by atomic mass is 10.00. The van der Waals surface area contributed by atoms with E-state index in [0.29, 0.717) is 0 Å². The molecule has 5 heteroatoms. The number of fused-ring (bicyclic) bond motifs is 5. The van der Waals surface area contributed by atoms with Crippen LogP contribution in [0.25, 0.3) is 0 Å². The lowest BCUT2D eigenvalue weighted by Crippen LogP contribution is -2.45. The van der Waals surface area contributed by atoms with Crippen LogP contribution >= 0.6 is 46.4 Å². The van der Waals surface area contributed by atoms with E-state index in [1.165, 1.54) is 0 Å². The molecular formula is C7H6Cl4O. The molecule has 3 aliphatic rings. The molecule has 0 aromatic rings. The van der Waals surface area contributed by atoms with Crippen molar-refractivity contribution in [2.75, 3.05) is 0 Å². The second-order valence-electron chi connectivity index (χ2n) is 3.78. The quantitative estimate of drug-likeness (QED) is 0.474. The summed E-state index contributed by atoms with van der Waals surface area (Å²) < 4.78 is 4.32. The Morgan fingerprint density at radius 2 is 1.33 bits per heavy atom. The van der Waals surface area contributed by atoms with Gasteiger partial charge >= 0.3 is 0 Å². The molecular weight excluding hydrogens is 242 g/mol. The first-order valence-electron chi connectivity index (χ1n) is 3.85. The van der Waals surface area contributed by atoms with Crippen LogP contribution in [-0.4, -0.2) is 26.3 Å². The maximum atomic E-state index is 6.30. The van der Waals surface area contributed by atoms with Crippen LogP contribution in [0.4, 0.5) is 0 Å². The van der Waals surface area contributed by atoms with Gasteiger partial charge in [-0.15, -0.1) is 23.2 Å². The summed E-state index contributed by atoms with van der Waals surface area (Å²) in [5.74, 6) is 0. The third-order valence-electron chi connectivity index (χ3n) is 3.29. The molecule has 68 valence electrons. The Hall–Kier alpha value is 1.12. The number of hydrogen-bond donors (Lipinski definition) is 0. The summed E-state index contributed by atoms with van der Waals surface area (Å²) in [6.45, 7) is 0. The number of halogens is 4. The van der Waals surface area contributed by atoms with Gasteiger partial charge in [-0.2, -0.15) is 0 Å². The van der Waals surface area contributed by atoms with Gasteiger partial charge in [-0.05, 0) is 12.8 Å². The fourth-order valence-corrected chi connectivity index (χ4v) is 4.19. The largest absolute Gasteiger partial charge is 0.366 e. The Bertz CT molecular complexity index is 239. The van der Waals surface area contributed by atoms with E-state index >= 15 is 0 Å². The average Bonchev–Trinajstić information content (AvgIpc) is 2.70. The zero-order valence-electron chi connectivity index (χ0n) is 5.99. The SMILES string of the molecule is ClC12CCC(Cl)(C3OC31)C2(Cl)Cl.